The molecule has 1 fully saturated rings. The number of hydrogen-bond donors (Lipinski definition) is 1. The molecule has 2 N–H and O–H groups in total. The second-order valence-electron chi connectivity index (χ2n) is 5.04. The zero-order chi connectivity index (χ0) is 11.8. The van der Waals surface area contributed by atoms with Crippen molar-refractivity contribution in [2.24, 2.45) is 11.7 Å². The molecule has 1 aromatic rings. The largest absolute Gasteiger partial charge is 0.496 e. The van der Waals surface area contributed by atoms with E-state index in [9.17, 15) is 0 Å². The Kier molecular flexibility index (Phi) is 2.71. The van der Waals surface area contributed by atoms with Crippen molar-refractivity contribution in [3.8, 4) is 5.75 Å². The molecule has 17 heavy (non-hydrogen) atoms. The normalized spacial score (nSPS) is 26.6. The summed E-state index contributed by atoms with van der Waals surface area (Å²) in [5.41, 5.74) is 8.62. The lowest BCUT2D eigenvalue weighted by atomic mass is 9.90. The molecule has 2 aliphatic rings. The molecule has 3 heteroatoms. The maximum Gasteiger partial charge on any atom is 0.124 e. The van der Waals surface area contributed by atoms with E-state index in [0.29, 0.717) is 12.0 Å². The molecular formula is C14H20N2O. The molecule has 2 atom stereocenters. The Balaban J connectivity index is 1.98. The standard InChI is InChI=1S/C14H20N2O/c1-17-14-4-2-3-13-11(14)5-6-12-10(9-15)7-8-16(12)13/h2-4,10,12H,5-9,15H2,1H3. The van der Waals surface area contributed by atoms with Crippen LogP contribution >= 0.6 is 0 Å². The van der Waals surface area contributed by atoms with E-state index in [1.807, 2.05) is 0 Å². The second kappa shape index (κ2) is 4.22. The van der Waals surface area contributed by atoms with Crippen LogP contribution in [0.1, 0.15) is 18.4 Å². The summed E-state index contributed by atoms with van der Waals surface area (Å²) >= 11 is 0. The van der Waals surface area contributed by atoms with E-state index in [2.05, 4.69) is 23.1 Å². The maximum atomic E-state index is 5.87. The topological polar surface area (TPSA) is 38.5 Å². The molecule has 1 saturated heterocycles. The average Bonchev–Trinajstić information content (AvgIpc) is 2.81. The Morgan fingerprint density at radius 3 is 3.06 bits per heavy atom. The van der Waals surface area contributed by atoms with Crippen LogP contribution in [0.2, 0.25) is 0 Å². The van der Waals surface area contributed by atoms with Crippen molar-refractivity contribution in [2.45, 2.75) is 25.3 Å². The number of ether oxygens (including phenoxy) is 1. The highest BCUT2D eigenvalue weighted by atomic mass is 16.5. The summed E-state index contributed by atoms with van der Waals surface area (Å²) in [6.45, 7) is 1.97. The van der Waals surface area contributed by atoms with Gasteiger partial charge in [0.2, 0.25) is 0 Å². The maximum absolute atomic E-state index is 5.87. The monoisotopic (exact) mass is 232 g/mol. The number of anilines is 1. The van der Waals surface area contributed by atoms with Gasteiger partial charge in [-0.3, -0.25) is 0 Å². The second-order valence-corrected chi connectivity index (χ2v) is 5.04. The molecule has 1 aromatic carbocycles. The molecule has 2 aliphatic heterocycles. The lowest BCUT2D eigenvalue weighted by Crippen LogP contribution is -2.39. The molecule has 2 unspecified atom stereocenters. The molecule has 0 aromatic heterocycles. The smallest absolute Gasteiger partial charge is 0.124 e. The minimum atomic E-state index is 0.652. The van der Waals surface area contributed by atoms with E-state index in [-0.39, 0.29) is 0 Å². The molecular weight excluding hydrogens is 212 g/mol. The molecule has 0 bridgehead atoms. The van der Waals surface area contributed by atoms with Crippen LogP contribution < -0.4 is 15.4 Å². The van der Waals surface area contributed by atoms with Gasteiger partial charge in [0.15, 0.2) is 0 Å². The highest BCUT2D eigenvalue weighted by Crippen LogP contribution is 2.41. The van der Waals surface area contributed by atoms with Gasteiger partial charge in [-0.15, -0.1) is 0 Å². The molecule has 0 radical (unpaired) electrons. The highest BCUT2D eigenvalue weighted by Gasteiger charge is 2.37. The van der Waals surface area contributed by atoms with E-state index in [0.717, 1.165) is 25.3 Å². The van der Waals surface area contributed by atoms with Gasteiger partial charge in [-0.25, -0.2) is 0 Å². The molecule has 0 aliphatic carbocycles. The third-order valence-corrected chi connectivity index (χ3v) is 4.32. The van der Waals surface area contributed by atoms with Crippen molar-refractivity contribution in [3.05, 3.63) is 23.8 Å². The van der Waals surface area contributed by atoms with E-state index >= 15 is 0 Å². The molecule has 0 spiro atoms. The quantitative estimate of drug-likeness (QED) is 0.845. The van der Waals surface area contributed by atoms with E-state index in [4.69, 9.17) is 10.5 Å². The zero-order valence-electron chi connectivity index (χ0n) is 10.4. The molecule has 92 valence electrons. The SMILES string of the molecule is COc1cccc2c1CCC1C(CN)CCN21. The third-order valence-electron chi connectivity index (χ3n) is 4.32. The van der Waals surface area contributed by atoms with E-state index < -0.39 is 0 Å². The summed E-state index contributed by atoms with van der Waals surface area (Å²) < 4.78 is 5.46. The van der Waals surface area contributed by atoms with Crippen LogP contribution in [0.3, 0.4) is 0 Å². The predicted octanol–water partition coefficient (Wildman–Crippen LogP) is 1.79. The van der Waals surface area contributed by atoms with E-state index in [1.165, 1.54) is 24.1 Å². The third kappa shape index (κ3) is 1.61. The lowest BCUT2D eigenvalue weighted by Gasteiger charge is -2.36. The number of nitrogens with two attached hydrogens (primary N) is 1. The minimum absolute atomic E-state index is 0.652. The number of fused-ring (bicyclic) bond motifs is 3. The van der Waals surface area contributed by atoms with Gasteiger partial charge >= 0.3 is 0 Å². The fraction of sp³-hybridized carbons (Fsp3) is 0.571. The fourth-order valence-electron chi connectivity index (χ4n) is 3.44. The summed E-state index contributed by atoms with van der Waals surface area (Å²) in [7, 11) is 1.76. The summed E-state index contributed by atoms with van der Waals surface area (Å²) in [6, 6.07) is 7.04. The van der Waals surface area contributed by atoms with Gasteiger partial charge < -0.3 is 15.4 Å². The molecule has 3 rings (SSSR count). The summed E-state index contributed by atoms with van der Waals surface area (Å²) in [6.07, 6.45) is 3.57. The zero-order valence-corrected chi connectivity index (χ0v) is 10.4. The number of hydrogen-bond acceptors (Lipinski definition) is 3. The van der Waals surface area contributed by atoms with Crippen LogP contribution in [-0.2, 0) is 6.42 Å². The van der Waals surface area contributed by atoms with E-state index in [1.54, 1.807) is 7.11 Å². The first-order valence-electron chi connectivity index (χ1n) is 6.47. The number of rotatable bonds is 2. The predicted molar refractivity (Wildman–Crippen MR) is 69.6 cm³/mol. The van der Waals surface area contributed by atoms with Crippen molar-refractivity contribution in [1.29, 1.82) is 0 Å². The van der Waals surface area contributed by atoms with Gasteiger partial charge in [-0.05, 0) is 43.9 Å². The molecule has 0 amide bonds. The summed E-state index contributed by atoms with van der Waals surface area (Å²) in [4.78, 5) is 2.54. The highest BCUT2D eigenvalue weighted by molar-refractivity contribution is 5.62. The lowest BCUT2D eigenvalue weighted by molar-refractivity contribution is 0.399. The number of nitrogens with zero attached hydrogens (tertiary/aromatic N) is 1. The van der Waals surface area contributed by atoms with Crippen molar-refractivity contribution >= 4 is 5.69 Å². The van der Waals surface area contributed by atoms with Crippen molar-refractivity contribution in [2.75, 3.05) is 25.1 Å². The van der Waals surface area contributed by atoms with Crippen molar-refractivity contribution in [3.63, 3.8) is 0 Å². The first-order chi connectivity index (χ1) is 8.35. The fourth-order valence-corrected chi connectivity index (χ4v) is 3.44. The molecule has 3 nitrogen and oxygen atoms in total. The van der Waals surface area contributed by atoms with Gasteiger partial charge in [0, 0.05) is 23.8 Å². The Morgan fingerprint density at radius 1 is 1.41 bits per heavy atom. The Labute approximate surface area is 103 Å². The Morgan fingerprint density at radius 2 is 2.29 bits per heavy atom. The van der Waals surface area contributed by atoms with Gasteiger partial charge in [0.25, 0.3) is 0 Å². The molecule has 0 saturated carbocycles. The van der Waals surface area contributed by atoms with Crippen LogP contribution in [0.5, 0.6) is 5.75 Å². The van der Waals surface area contributed by atoms with Gasteiger partial charge in [0.05, 0.1) is 7.11 Å². The Hall–Kier alpha value is -1.22. The summed E-state index contributed by atoms with van der Waals surface area (Å²) in [5.74, 6) is 1.71. The first-order valence-corrected chi connectivity index (χ1v) is 6.47. The number of methoxy groups -OCH3 is 1. The van der Waals surface area contributed by atoms with Crippen molar-refractivity contribution < 1.29 is 4.74 Å². The van der Waals surface area contributed by atoms with Crippen LogP contribution in [0.4, 0.5) is 5.69 Å². The van der Waals surface area contributed by atoms with Crippen molar-refractivity contribution in [1.82, 2.24) is 0 Å². The first kappa shape index (κ1) is 10.9. The Bertz CT molecular complexity index is 419. The van der Waals surface area contributed by atoms with Gasteiger partial charge in [-0.1, -0.05) is 6.07 Å². The van der Waals surface area contributed by atoms with Gasteiger partial charge in [0.1, 0.15) is 5.75 Å². The van der Waals surface area contributed by atoms with Crippen LogP contribution in [0, 0.1) is 5.92 Å². The molecule has 2 heterocycles. The average molecular weight is 232 g/mol. The number of benzene rings is 1. The minimum Gasteiger partial charge on any atom is -0.496 e. The van der Waals surface area contributed by atoms with Gasteiger partial charge in [-0.2, -0.15) is 0 Å². The summed E-state index contributed by atoms with van der Waals surface area (Å²) in [5, 5.41) is 0. The van der Waals surface area contributed by atoms with Crippen LogP contribution in [0.15, 0.2) is 18.2 Å². The van der Waals surface area contributed by atoms with Crippen LogP contribution in [-0.4, -0.2) is 26.2 Å². The van der Waals surface area contributed by atoms with Crippen LogP contribution in [0.25, 0.3) is 0 Å².